The van der Waals surface area contributed by atoms with Crippen molar-refractivity contribution in [2.45, 2.75) is 0 Å². The van der Waals surface area contributed by atoms with Crippen LogP contribution < -0.4 is 5.43 Å². The van der Waals surface area contributed by atoms with Gasteiger partial charge in [-0.25, -0.2) is 5.43 Å². The molecular weight excluding hydrogens is 354 g/mol. The lowest BCUT2D eigenvalue weighted by Gasteiger charge is -2.08. The fourth-order valence-corrected chi connectivity index (χ4v) is 2.62. The lowest BCUT2D eigenvalue weighted by molar-refractivity contribution is 0.0955. The van der Waals surface area contributed by atoms with E-state index < -0.39 is 0 Å². The largest absolute Gasteiger partial charge is 0.323 e. The van der Waals surface area contributed by atoms with Crippen LogP contribution >= 0.6 is 15.9 Å². The predicted molar refractivity (Wildman–Crippen MR) is 95.0 cm³/mol. The molecule has 0 radical (unpaired) electrons. The molecule has 4 nitrogen and oxygen atoms in total. The van der Waals surface area contributed by atoms with Gasteiger partial charge in [-0.1, -0.05) is 40.2 Å². The number of rotatable bonds is 4. The fraction of sp³-hybridized carbons (Fsp3) is 0. The number of nitrogens with zero attached hydrogens (tertiary/aromatic N) is 2. The first-order valence-electron chi connectivity index (χ1n) is 7.05. The van der Waals surface area contributed by atoms with E-state index in [0.29, 0.717) is 5.56 Å². The van der Waals surface area contributed by atoms with Crippen molar-refractivity contribution in [3.05, 3.63) is 88.7 Å². The summed E-state index contributed by atoms with van der Waals surface area (Å²) in [5.74, 6) is -0.249. The molecule has 114 valence electrons. The Hall–Kier alpha value is -2.66. The van der Waals surface area contributed by atoms with Gasteiger partial charge in [0.15, 0.2) is 0 Å². The Morgan fingerprint density at radius 3 is 2.61 bits per heavy atom. The van der Waals surface area contributed by atoms with Crippen molar-refractivity contribution in [2.75, 3.05) is 0 Å². The summed E-state index contributed by atoms with van der Waals surface area (Å²) in [6, 6.07) is 18.9. The first kappa shape index (κ1) is 15.2. The molecular formula is C18H14BrN3O. The number of halogens is 1. The molecule has 3 rings (SSSR count). The third-order valence-electron chi connectivity index (χ3n) is 3.26. The molecule has 0 aliphatic heterocycles. The van der Waals surface area contributed by atoms with Gasteiger partial charge in [0.2, 0.25) is 0 Å². The summed E-state index contributed by atoms with van der Waals surface area (Å²) in [5.41, 5.74) is 4.85. The quantitative estimate of drug-likeness (QED) is 0.549. The highest BCUT2D eigenvalue weighted by Crippen LogP contribution is 2.14. The van der Waals surface area contributed by atoms with Crippen molar-refractivity contribution < 1.29 is 4.79 Å². The van der Waals surface area contributed by atoms with Crippen molar-refractivity contribution in [1.82, 2.24) is 9.99 Å². The van der Waals surface area contributed by atoms with Crippen LogP contribution in [0.3, 0.4) is 0 Å². The summed E-state index contributed by atoms with van der Waals surface area (Å²) in [6.07, 6.45) is 5.41. The van der Waals surface area contributed by atoms with E-state index in [1.165, 1.54) is 0 Å². The molecule has 0 saturated carbocycles. The monoisotopic (exact) mass is 367 g/mol. The highest BCUT2D eigenvalue weighted by atomic mass is 79.9. The van der Waals surface area contributed by atoms with Gasteiger partial charge in [-0.2, -0.15) is 5.10 Å². The summed E-state index contributed by atoms with van der Waals surface area (Å²) >= 11 is 3.40. The number of hydrogen-bond acceptors (Lipinski definition) is 2. The Morgan fingerprint density at radius 1 is 1.04 bits per heavy atom. The fourth-order valence-electron chi connectivity index (χ4n) is 2.20. The average Bonchev–Trinajstić information content (AvgIpc) is 3.09. The standard InChI is InChI=1S/C18H14BrN3O/c19-15-7-5-6-14(12-15)13-20-21-18(23)16-8-1-2-9-17(16)22-10-3-4-11-22/h1-13H,(H,21,23)/b20-13+. The molecule has 0 spiro atoms. The third-order valence-corrected chi connectivity index (χ3v) is 3.75. The molecule has 1 N–H and O–H groups in total. The van der Waals surface area contributed by atoms with Crippen LogP contribution in [0, 0.1) is 0 Å². The molecule has 1 amide bonds. The molecule has 0 saturated heterocycles. The van der Waals surface area contributed by atoms with Gasteiger partial charge in [0.05, 0.1) is 17.5 Å². The van der Waals surface area contributed by atoms with Crippen LogP contribution in [0.15, 0.2) is 82.6 Å². The first-order chi connectivity index (χ1) is 11.2. The van der Waals surface area contributed by atoms with E-state index in [4.69, 9.17) is 0 Å². The van der Waals surface area contributed by atoms with Crippen molar-refractivity contribution in [1.29, 1.82) is 0 Å². The van der Waals surface area contributed by atoms with Gasteiger partial charge in [-0.3, -0.25) is 4.79 Å². The number of amides is 1. The van der Waals surface area contributed by atoms with Crippen LogP contribution in [0.2, 0.25) is 0 Å². The predicted octanol–water partition coefficient (Wildman–Crippen LogP) is 4.00. The van der Waals surface area contributed by atoms with Gasteiger partial charge in [0.25, 0.3) is 5.91 Å². The zero-order valence-corrected chi connectivity index (χ0v) is 13.8. The molecule has 1 heterocycles. The van der Waals surface area contributed by atoms with Crippen LogP contribution in [-0.4, -0.2) is 16.7 Å². The van der Waals surface area contributed by atoms with Crippen molar-refractivity contribution in [2.24, 2.45) is 5.10 Å². The molecule has 2 aromatic carbocycles. The Balaban J connectivity index is 1.77. The van der Waals surface area contributed by atoms with Gasteiger partial charge in [0.1, 0.15) is 0 Å². The summed E-state index contributed by atoms with van der Waals surface area (Å²) < 4.78 is 2.86. The topological polar surface area (TPSA) is 46.4 Å². The molecule has 0 aliphatic carbocycles. The first-order valence-corrected chi connectivity index (χ1v) is 7.85. The molecule has 0 fully saturated rings. The normalized spacial score (nSPS) is 10.8. The highest BCUT2D eigenvalue weighted by Gasteiger charge is 2.10. The van der Waals surface area contributed by atoms with Gasteiger partial charge in [-0.15, -0.1) is 0 Å². The second kappa shape index (κ2) is 7.07. The number of hydrazone groups is 1. The van der Waals surface area contributed by atoms with E-state index >= 15 is 0 Å². The lowest BCUT2D eigenvalue weighted by atomic mass is 10.1. The van der Waals surface area contributed by atoms with Crippen LogP contribution in [0.5, 0.6) is 0 Å². The number of carbonyl (C=O) groups excluding carboxylic acids is 1. The molecule has 3 aromatic rings. The number of para-hydroxylation sites is 1. The SMILES string of the molecule is O=C(N/N=C/c1cccc(Br)c1)c1ccccc1-n1cccc1. The van der Waals surface area contributed by atoms with E-state index in [9.17, 15) is 4.79 Å². The van der Waals surface area contributed by atoms with E-state index in [2.05, 4.69) is 26.5 Å². The third kappa shape index (κ3) is 3.76. The van der Waals surface area contributed by atoms with Gasteiger partial charge >= 0.3 is 0 Å². The van der Waals surface area contributed by atoms with Gasteiger partial charge in [-0.05, 0) is 42.0 Å². The maximum atomic E-state index is 12.4. The summed E-state index contributed by atoms with van der Waals surface area (Å²) in [6.45, 7) is 0. The van der Waals surface area contributed by atoms with E-state index in [0.717, 1.165) is 15.7 Å². The smallest absolute Gasteiger partial charge is 0.273 e. The van der Waals surface area contributed by atoms with Crippen molar-refractivity contribution in [3.63, 3.8) is 0 Å². The summed E-state index contributed by atoms with van der Waals surface area (Å²) in [5, 5.41) is 4.03. The van der Waals surface area contributed by atoms with Crippen LogP contribution in [0.4, 0.5) is 0 Å². The van der Waals surface area contributed by atoms with Crippen LogP contribution in [-0.2, 0) is 0 Å². The summed E-state index contributed by atoms with van der Waals surface area (Å²) in [4.78, 5) is 12.4. The molecule has 1 aromatic heterocycles. The molecule has 0 bridgehead atoms. The van der Waals surface area contributed by atoms with Gasteiger partial charge in [0, 0.05) is 16.9 Å². The summed E-state index contributed by atoms with van der Waals surface area (Å²) in [7, 11) is 0. The number of nitrogens with one attached hydrogen (secondary N) is 1. The van der Waals surface area contributed by atoms with Crippen molar-refractivity contribution >= 4 is 28.1 Å². The zero-order chi connectivity index (χ0) is 16.1. The lowest BCUT2D eigenvalue weighted by Crippen LogP contribution is -2.19. The molecule has 23 heavy (non-hydrogen) atoms. The maximum Gasteiger partial charge on any atom is 0.273 e. The average molecular weight is 368 g/mol. The number of carbonyl (C=O) groups is 1. The second-order valence-corrected chi connectivity index (χ2v) is 5.78. The zero-order valence-electron chi connectivity index (χ0n) is 12.2. The Labute approximate surface area is 142 Å². The van der Waals surface area contributed by atoms with Crippen LogP contribution in [0.25, 0.3) is 5.69 Å². The molecule has 0 atom stereocenters. The Bertz CT molecular complexity index is 841. The van der Waals surface area contributed by atoms with Crippen LogP contribution in [0.1, 0.15) is 15.9 Å². The molecule has 0 aliphatic rings. The Morgan fingerprint density at radius 2 is 1.83 bits per heavy atom. The van der Waals surface area contributed by atoms with E-state index in [-0.39, 0.29) is 5.91 Å². The van der Waals surface area contributed by atoms with E-state index in [1.807, 2.05) is 71.6 Å². The minimum Gasteiger partial charge on any atom is -0.323 e. The number of hydrogen-bond donors (Lipinski definition) is 1. The second-order valence-electron chi connectivity index (χ2n) is 4.86. The maximum absolute atomic E-state index is 12.4. The minimum absolute atomic E-state index is 0.249. The van der Waals surface area contributed by atoms with E-state index in [1.54, 1.807) is 12.3 Å². The Kier molecular flexibility index (Phi) is 4.68. The highest BCUT2D eigenvalue weighted by molar-refractivity contribution is 9.10. The number of aromatic nitrogens is 1. The minimum atomic E-state index is -0.249. The molecule has 0 unspecified atom stereocenters. The van der Waals surface area contributed by atoms with Gasteiger partial charge < -0.3 is 4.57 Å². The number of benzene rings is 2. The molecule has 5 heteroatoms. The van der Waals surface area contributed by atoms with Crippen molar-refractivity contribution in [3.8, 4) is 5.69 Å².